The number of hydrogen-bond acceptors (Lipinski definition) is 3. The minimum Gasteiger partial charge on any atom is -0.394 e. The van der Waals surface area contributed by atoms with E-state index in [9.17, 15) is 5.11 Å². The van der Waals surface area contributed by atoms with Crippen LogP contribution in [0.15, 0.2) is 30.3 Å². The topological polar surface area (TPSA) is 35.5 Å². The molecular formula is C17H26N2O. The Balaban J connectivity index is 1.88. The normalized spacial score (nSPS) is 29.4. The van der Waals surface area contributed by atoms with E-state index >= 15 is 0 Å². The summed E-state index contributed by atoms with van der Waals surface area (Å²) in [6.07, 6.45) is 6.37. The number of hydrogen-bond donors (Lipinski definition) is 2. The Hall–Kier alpha value is -0.900. The smallest absolute Gasteiger partial charge is 0.0628 e. The maximum Gasteiger partial charge on any atom is 0.0628 e. The standard InChI is InChI=1S/C17H26N2O/c20-13-16(15-7-2-1-3-8-15)19-12-5-4-9-17(19)10-6-11-18-14-17/h1-3,7-8,16,18,20H,4-6,9-14H2/t16?,17-/m0/s1. The van der Waals surface area contributed by atoms with Crippen molar-refractivity contribution in [1.82, 2.24) is 10.2 Å². The number of aliphatic hydroxyl groups excluding tert-OH is 1. The quantitative estimate of drug-likeness (QED) is 0.888. The molecule has 0 saturated carbocycles. The van der Waals surface area contributed by atoms with Gasteiger partial charge in [-0.05, 0) is 44.3 Å². The molecule has 3 rings (SSSR count). The van der Waals surface area contributed by atoms with Gasteiger partial charge in [-0.25, -0.2) is 0 Å². The van der Waals surface area contributed by atoms with Crippen LogP contribution in [0.2, 0.25) is 0 Å². The number of nitrogens with one attached hydrogen (secondary N) is 1. The van der Waals surface area contributed by atoms with Crippen LogP contribution in [0.1, 0.15) is 43.7 Å². The molecule has 2 heterocycles. The molecule has 1 aromatic carbocycles. The SMILES string of the molecule is OCC(c1ccccc1)N1CCCC[C@@]12CCCNC2. The van der Waals surface area contributed by atoms with Crippen LogP contribution in [0.3, 0.4) is 0 Å². The molecule has 3 nitrogen and oxygen atoms in total. The van der Waals surface area contributed by atoms with E-state index in [4.69, 9.17) is 0 Å². The summed E-state index contributed by atoms with van der Waals surface area (Å²) in [6, 6.07) is 10.7. The molecule has 2 saturated heterocycles. The van der Waals surface area contributed by atoms with E-state index in [2.05, 4.69) is 34.5 Å². The number of benzene rings is 1. The van der Waals surface area contributed by atoms with Crippen molar-refractivity contribution in [3.8, 4) is 0 Å². The molecule has 2 atom stereocenters. The molecule has 3 heteroatoms. The van der Waals surface area contributed by atoms with Gasteiger partial charge >= 0.3 is 0 Å². The van der Waals surface area contributed by atoms with Crippen molar-refractivity contribution in [3.63, 3.8) is 0 Å². The lowest BCUT2D eigenvalue weighted by molar-refractivity contribution is -0.0281. The second-order valence-corrected chi connectivity index (χ2v) is 6.26. The molecule has 0 aliphatic carbocycles. The van der Waals surface area contributed by atoms with Crippen LogP contribution in [-0.2, 0) is 0 Å². The second-order valence-electron chi connectivity index (χ2n) is 6.26. The van der Waals surface area contributed by atoms with Crippen molar-refractivity contribution in [1.29, 1.82) is 0 Å². The van der Waals surface area contributed by atoms with Gasteiger partial charge in [0.2, 0.25) is 0 Å². The van der Waals surface area contributed by atoms with Crippen LogP contribution in [0.25, 0.3) is 0 Å². The van der Waals surface area contributed by atoms with Gasteiger partial charge in [0.1, 0.15) is 0 Å². The molecule has 2 N–H and O–H groups in total. The van der Waals surface area contributed by atoms with E-state index in [1.54, 1.807) is 0 Å². The van der Waals surface area contributed by atoms with Crippen molar-refractivity contribution in [2.45, 2.75) is 43.7 Å². The Morgan fingerprint density at radius 3 is 2.65 bits per heavy atom. The highest BCUT2D eigenvalue weighted by molar-refractivity contribution is 5.20. The van der Waals surface area contributed by atoms with Crippen molar-refractivity contribution < 1.29 is 5.11 Å². The van der Waals surface area contributed by atoms with Gasteiger partial charge in [-0.1, -0.05) is 36.8 Å². The largest absolute Gasteiger partial charge is 0.394 e. The third-order valence-electron chi connectivity index (χ3n) is 5.08. The summed E-state index contributed by atoms with van der Waals surface area (Å²) in [6.45, 7) is 3.55. The van der Waals surface area contributed by atoms with Crippen molar-refractivity contribution in [3.05, 3.63) is 35.9 Å². The average Bonchev–Trinajstić information content (AvgIpc) is 2.52. The van der Waals surface area contributed by atoms with E-state index < -0.39 is 0 Å². The van der Waals surface area contributed by atoms with Gasteiger partial charge < -0.3 is 10.4 Å². The van der Waals surface area contributed by atoms with E-state index in [-0.39, 0.29) is 18.2 Å². The zero-order valence-corrected chi connectivity index (χ0v) is 12.2. The Kier molecular flexibility index (Phi) is 4.39. The monoisotopic (exact) mass is 274 g/mol. The van der Waals surface area contributed by atoms with Crippen LogP contribution in [0.4, 0.5) is 0 Å². The first kappa shape index (κ1) is 14.1. The zero-order chi connectivity index (χ0) is 13.8. The first-order valence-electron chi connectivity index (χ1n) is 7.99. The van der Waals surface area contributed by atoms with Crippen molar-refractivity contribution >= 4 is 0 Å². The molecule has 0 amide bonds. The van der Waals surface area contributed by atoms with Crippen LogP contribution in [-0.4, -0.2) is 41.8 Å². The van der Waals surface area contributed by atoms with Gasteiger partial charge in [0.15, 0.2) is 0 Å². The fourth-order valence-electron chi connectivity index (χ4n) is 4.07. The number of rotatable bonds is 3. The van der Waals surface area contributed by atoms with Gasteiger partial charge in [-0.2, -0.15) is 0 Å². The highest BCUT2D eigenvalue weighted by Gasteiger charge is 2.42. The fraction of sp³-hybridized carbons (Fsp3) is 0.647. The maximum atomic E-state index is 9.98. The second kappa shape index (κ2) is 6.25. The highest BCUT2D eigenvalue weighted by Crippen LogP contribution is 2.39. The van der Waals surface area contributed by atoms with Crippen LogP contribution < -0.4 is 5.32 Å². The molecule has 1 spiro atoms. The molecule has 2 aliphatic heterocycles. The summed E-state index contributed by atoms with van der Waals surface area (Å²) in [4.78, 5) is 2.60. The Morgan fingerprint density at radius 1 is 1.15 bits per heavy atom. The van der Waals surface area contributed by atoms with E-state index in [1.807, 2.05) is 6.07 Å². The molecular weight excluding hydrogens is 248 g/mol. The third kappa shape index (κ3) is 2.62. The molecule has 0 aromatic heterocycles. The summed E-state index contributed by atoms with van der Waals surface area (Å²) >= 11 is 0. The number of piperidine rings is 2. The van der Waals surface area contributed by atoms with Gasteiger partial charge in [0.05, 0.1) is 12.6 Å². The lowest BCUT2D eigenvalue weighted by Gasteiger charge is -2.52. The number of nitrogens with zero attached hydrogens (tertiary/aromatic N) is 1. The molecule has 2 fully saturated rings. The third-order valence-corrected chi connectivity index (χ3v) is 5.08. The lowest BCUT2D eigenvalue weighted by Crippen LogP contribution is -2.61. The van der Waals surface area contributed by atoms with E-state index in [1.165, 1.54) is 37.7 Å². The van der Waals surface area contributed by atoms with E-state index in [0.29, 0.717) is 0 Å². The fourth-order valence-corrected chi connectivity index (χ4v) is 4.07. The van der Waals surface area contributed by atoms with Crippen molar-refractivity contribution in [2.24, 2.45) is 0 Å². The van der Waals surface area contributed by atoms with Gasteiger partial charge in [0.25, 0.3) is 0 Å². The average molecular weight is 274 g/mol. The van der Waals surface area contributed by atoms with Gasteiger partial charge in [-0.3, -0.25) is 4.90 Å². The molecule has 0 bridgehead atoms. The molecule has 1 unspecified atom stereocenters. The number of likely N-dealkylation sites (tertiary alicyclic amines) is 1. The predicted molar refractivity (Wildman–Crippen MR) is 81.7 cm³/mol. The maximum absolute atomic E-state index is 9.98. The summed E-state index contributed by atoms with van der Waals surface area (Å²) in [7, 11) is 0. The summed E-state index contributed by atoms with van der Waals surface area (Å²) in [5.41, 5.74) is 1.52. The molecule has 1 aromatic rings. The van der Waals surface area contributed by atoms with Gasteiger partial charge in [-0.15, -0.1) is 0 Å². The minimum absolute atomic E-state index is 0.149. The van der Waals surface area contributed by atoms with Crippen LogP contribution >= 0.6 is 0 Å². The number of aliphatic hydroxyl groups is 1. The Bertz CT molecular complexity index is 406. The summed E-state index contributed by atoms with van der Waals surface area (Å²) in [5.74, 6) is 0. The summed E-state index contributed by atoms with van der Waals surface area (Å²) in [5, 5.41) is 13.6. The Labute approximate surface area is 122 Å². The minimum atomic E-state index is 0.149. The first-order valence-corrected chi connectivity index (χ1v) is 7.99. The predicted octanol–water partition coefficient (Wildman–Crippen LogP) is 2.33. The van der Waals surface area contributed by atoms with Crippen LogP contribution in [0, 0.1) is 0 Å². The Morgan fingerprint density at radius 2 is 1.95 bits per heavy atom. The molecule has 20 heavy (non-hydrogen) atoms. The summed E-state index contributed by atoms with van der Waals surface area (Å²) < 4.78 is 0. The highest BCUT2D eigenvalue weighted by atomic mass is 16.3. The molecule has 0 radical (unpaired) electrons. The molecule has 2 aliphatic rings. The van der Waals surface area contributed by atoms with E-state index in [0.717, 1.165) is 19.6 Å². The van der Waals surface area contributed by atoms with Crippen molar-refractivity contribution in [2.75, 3.05) is 26.2 Å². The first-order chi connectivity index (χ1) is 9.86. The molecule has 110 valence electrons. The lowest BCUT2D eigenvalue weighted by atomic mass is 9.79. The zero-order valence-electron chi connectivity index (χ0n) is 12.2. The van der Waals surface area contributed by atoms with Crippen LogP contribution in [0.5, 0.6) is 0 Å². The van der Waals surface area contributed by atoms with Gasteiger partial charge in [0, 0.05) is 12.1 Å².